The summed E-state index contributed by atoms with van der Waals surface area (Å²) >= 11 is 0. The van der Waals surface area contributed by atoms with Crippen molar-refractivity contribution in [2.45, 2.75) is 44.4 Å². The number of hydrogen-bond acceptors (Lipinski definition) is 6. The second-order valence-electron chi connectivity index (χ2n) is 6.12. The molecule has 1 amide bonds. The summed E-state index contributed by atoms with van der Waals surface area (Å²) in [7, 11) is 2.57. The Balaban J connectivity index is 2.59. The molecule has 0 aliphatic carbocycles. The number of aliphatic hydroxyl groups is 1. The fourth-order valence-electron chi connectivity index (χ4n) is 3.19. The van der Waals surface area contributed by atoms with Crippen LogP contribution >= 0.6 is 0 Å². The number of rotatable bonds is 4. The Kier molecular flexibility index (Phi) is 4.98. The maximum atomic E-state index is 12.5. The van der Waals surface area contributed by atoms with E-state index in [-0.39, 0.29) is 5.91 Å². The van der Waals surface area contributed by atoms with Crippen molar-refractivity contribution >= 4 is 11.9 Å². The number of methoxy groups -OCH3 is 2. The van der Waals surface area contributed by atoms with Gasteiger partial charge >= 0.3 is 5.97 Å². The molecule has 7 nitrogen and oxygen atoms in total. The molecule has 1 unspecified atom stereocenters. The summed E-state index contributed by atoms with van der Waals surface area (Å²) in [5.41, 5.74) is -2.89. The summed E-state index contributed by atoms with van der Waals surface area (Å²) in [6.07, 6.45) is -2.11. The van der Waals surface area contributed by atoms with Gasteiger partial charge in [0.05, 0.1) is 7.11 Å². The molecule has 1 saturated heterocycles. The molecule has 3 atom stereocenters. The highest BCUT2D eigenvalue weighted by molar-refractivity contribution is 5.82. The van der Waals surface area contributed by atoms with Crippen LogP contribution in [0.4, 0.5) is 0 Å². The molecule has 1 aliphatic rings. The first-order chi connectivity index (χ1) is 11.2. The van der Waals surface area contributed by atoms with Crippen LogP contribution in [0.5, 0.6) is 0 Å². The second-order valence-corrected chi connectivity index (χ2v) is 6.12. The van der Waals surface area contributed by atoms with Crippen molar-refractivity contribution in [1.82, 2.24) is 4.90 Å². The van der Waals surface area contributed by atoms with Crippen molar-refractivity contribution in [3.8, 4) is 0 Å². The average Bonchev–Trinajstić information content (AvgIpc) is 2.85. The van der Waals surface area contributed by atoms with E-state index in [9.17, 15) is 14.7 Å². The van der Waals surface area contributed by atoms with Gasteiger partial charge in [-0.25, -0.2) is 4.79 Å². The van der Waals surface area contributed by atoms with Crippen LogP contribution in [-0.2, 0) is 29.4 Å². The van der Waals surface area contributed by atoms with Gasteiger partial charge in [0.15, 0.2) is 6.23 Å². The number of carbonyl (C=O) groups excluding carboxylic acids is 2. The van der Waals surface area contributed by atoms with Crippen LogP contribution in [0, 0.1) is 0 Å². The van der Waals surface area contributed by atoms with Crippen molar-refractivity contribution in [2.24, 2.45) is 0 Å². The van der Waals surface area contributed by atoms with Gasteiger partial charge in [-0.1, -0.05) is 30.3 Å². The average molecular weight is 337 g/mol. The SMILES string of the molecule is COC(=O)[C@@](O)(c1ccccc1)[C@@H]1OC(C)(C)N(C(C)=O)C1OC. The van der Waals surface area contributed by atoms with Crippen molar-refractivity contribution in [2.75, 3.05) is 14.2 Å². The van der Waals surface area contributed by atoms with Crippen molar-refractivity contribution < 1.29 is 28.9 Å². The van der Waals surface area contributed by atoms with Gasteiger partial charge in [0.25, 0.3) is 0 Å². The van der Waals surface area contributed by atoms with Gasteiger partial charge in [-0.15, -0.1) is 0 Å². The van der Waals surface area contributed by atoms with Gasteiger partial charge in [-0.05, 0) is 19.4 Å². The van der Waals surface area contributed by atoms with Gasteiger partial charge in [-0.2, -0.15) is 0 Å². The Bertz CT molecular complexity index is 617. The number of hydrogen-bond donors (Lipinski definition) is 1. The first kappa shape index (κ1) is 18.4. The van der Waals surface area contributed by atoms with E-state index in [1.165, 1.54) is 26.0 Å². The summed E-state index contributed by atoms with van der Waals surface area (Å²) < 4.78 is 16.1. The maximum Gasteiger partial charge on any atom is 0.345 e. The zero-order valence-electron chi connectivity index (χ0n) is 14.5. The summed E-state index contributed by atoms with van der Waals surface area (Å²) in [5, 5.41) is 11.3. The fourth-order valence-corrected chi connectivity index (χ4v) is 3.19. The van der Waals surface area contributed by atoms with Gasteiger partial charge in [0, 0.05) is 14.0 Å². The van der Waals surface area contributed by atoms with Gasteiger partial charge in [0.1, 0.15) is 11.8 Å². The van der Waals surface area contributed by atoms with E-state index in [0.29, 0.717) is 5.56 Å². The molecule has 24 heavy (non-hydrogen) atoms. The lowest BCUT2D eigenvalue weighted by molar-refractivity contribution is -0.194. The molecular weight excluding hydrogens is 314 g/mol. The minimum absolute atomic E-state index is 0.296. The number of ether oxygens (including phenoxy) is 3. The van der Waals surface area contributed by atoms with Crippen LogP contribution in [0.15, 0.2) is 30.3 Å². The number of amides is 1. The molecule has 132 valence electrons. The molecule has 1 heterocycles. The normalized spacial score (nSPS) is 25.2. The summed E-state index contributed by atoms with van der Waals surface area (Å²) in [5.74, 6) is -1.18. The predicted octanol–water partition coefficient (Wildman–Crippen LogP) is 1.00. The Labute approximate surface area is 141 Å². The standard InChI is InChI=1S/C17H23NO6/c1-11(19)18-14(22-4)13(24-16(18,2)3)17(21,15(20)23-5)12-9-7-6-8-10-12/h6-10,13-14,21H,1-5H3/t13-,14?,17-/m1/s1. The van der Waals surface area contributed by atoms with E-state index in [2.05, 4.69) is 0 Å². The van der Waals surface area contributed by atoms with Crippen LogP contribution in [-0.4, -0.2) is 54.2 Å². The number of carbonyl (C=O) groups is 2. The smallest absolute Gasteiger partial charge is 0.345 e. The Hall–Kier alpha value is -1.96. The molecule has 0 radical (unpaired) electrons. The lowest BCUT2D eigenvalue weighted by Crippen LogP contribution is -2.55. The quantitative estimate of drug-likeness (QED) is 0.825. The lowest BCUT2D eigenvalue weighted by atomic mass is 9.87. The van der Waals surface area contributed by atoms with Gasteiger partial charge in [-0.3, -0.25) is 9.69 Å². The summed E-state index contributed by atoms with van der Waals surface area (Å²) in [6.45, 7) is 4.71. The summed E-state index contributed by atoms with van der Waals surface area (Å²) in [4.78, 5) is 25.9. The van der Waals surface area contributed by atoms with Crippen LogP contribution < -0.4 is 0 Å². The molecule has 0 aromatic heterocycles. The van der Waals surface area contributed by atoms with Crippen molar-refractivity contribution in [3.63, 3.8) is 0 Å². The van der Waals surface area contributed by atoms with E-state index < -0.39 is 29.6 Å². The summed E-state index contributed by atoms with van der Waals surface area (Å²) in [6, 6.07) is 8.32. The van der Waals surface area contributed by atoms with Gasteiger partial charge in [0.2, 0.25) is 11.5 Å². The third-order valence-electron chi connectivity index (χ3n) is 4.21. The Morgan fingerprint density at radius 1 is 1.25 bits per heavy atom. The molecule has 1 aromatic carbocycles. The first-order valence-electron chi connectivity index (χ1n) is 7.57. The Morgan fingerprint density at radius 2 is 1.83 bits per heavy atom. The molecular formula is C17H23NO6. The first-order valence-corrected chi connectivity index (χ1v) is 7.57. The molecule has 1 N–H and O–H groups in total. The number of benzene rings is 1. The van der Waals surface area contributed by atoms with Gasteiger partial charge < -0.3 is 19.3 Å². The monoisotopic (exact) mass is 337 g/mol. The molecule has 1 fully saturated rings. The molecule has 7 heteroatoms. The molecule has 0 spiro atoms. The molecule has 1 aliphatic heterocycles. The fraction of sp³-hybridized carbons (Fsp3) is 0.529. The largest absolute Gasteiger partial charge is 0.467 e. The van der Waals surface area contributed by atoms with Crippen molar-refractivity contribution in [3.05, 3.63) is 35.9 Å². The van der Waals surface area contributed by atoms with Crippen LogP contribution in [0.1, 0.15) is 26.3 Å². The zero-order valence-corrected chi connectivity index (χ0v) is 14.5. The highest BCUT2D eigenvalue weighted by Gasteiger charge is 2.61. The highest BCUT2D eigenvalue weighted by atomic mass is 16.6. The number of esters is 1. The third kappa shape index (κ3) is 2.79. The van der Waals surface area contributed by atoms with Crippen LogP contribution in [0.3, 0.4) is 0 Å². The molecule has 1 aromatic rings. The van der Waals surface area contributed by atoms with E-state index in [0.717, 1.165) is 0 Å². The van der Waals surface area contributed by atoms with Crippen LogP contribution in [0.2, 0.25) is 0 Å². The molecule has 2 rings (SSSR count). The van der Waals surface area contributed by atoms with E-state index in [1.54, 1.807) is 44.2 Å². The van der Waals surface area contributed by atoms with Crippen LogP contribution in [0.25, 0.3) is 0 Å². The highest BCUT2D eigenvalue weighted by Crippen LogP contribution is 2.42. The lowest BCUT2D eigenvalue weighted by Gasteiger charge is -2.34. The van der Waals surface area contributed by atoms with E-state index >= 15 is 0 Å². The maximum absolute atomic E-state index is 12.5. The minimum atomic E-state index is -2.13. The van der Waals surface area contributed by atoms with E-state index in [4.69, 9.17) is 14.2 Å². The second kappa shape index (κ2) is 6.51. The topological polar surface area (TPSA) is 85.3 Å². The third-order valence-corrected chi connectivity index (χ3v) is 4.21. The molecule has 0 bridgehead atoms. The predicted molar refractivity (Wildman–Crippen MR) is 84.6 cm³/mol. The number of nitrogens with zero attached hydrogens (tertiary/aromatic N) is 1. The Morgan fingerprint density at radius 3 is 2.29 bits per heavy atom. The van der Waals surface area contributed by atoms with E-state index in [1.807, 2.05) is 0 Å². The van der Waals surface area contributed by atoms with Crippen molar-refractivity contribution in [1.29, 1.82) is 0 Å². The molecule has 0 saturated carbocycles. The zero-order chi connectivity index (χ0) is 18.1. The minimum Gasteiger partial charge on any atom is -0.467 e.